The second-order valence-corrected chi connectivity index (χ2v) is 7.92. The number of carbonyl (C=O) groups is 4. The van der Waals surface area contributed by atoms with Crippen molar-refractivity contribution in [2.75, 3.05) is 31.8 Å². The van der Waals surface area contributed by atoms with Gasteiger partial charge in [-0.3, -0.25) is 14.4 Å². The number of ether oxygens (including phenoxy) is 3. The van der Waals surface area contributed by atoms with Gasteiger partial charge in [0.05, 0.1) is 35.1 Å². The summed E-state index contributed by atoms with van der Waals surface area (Å²) in [6.07, 6.45) is 1.79. The molecule has 33 heavy (non-hydrogen) atoms. The number of anilines is 1. The molecule has 1 unspecified atom stereocenters. The fraction of sp³-hybridized carbons (Fsp3) is 0.304. The van der Waals surface area contributed by atoms with Crippen LogP contribution in [0, 0.1) is 0 Å². The number of benzene rings is 2. The summed E-state index contributed by atoms with van der Waals surface area (Å²) in [6.45, 7) is 0.528. The van der Waals surface area contributed by atoms with Gasteiger partial charge in [0.25, 0.3) is 17.7 Å². The molecule has 10 heteroatoms. The Balaban J connectivity index is 1.47. The van der Waals surface area contributed by atoms with Crippen molar-refractivity contribution in [1.82, 2.24) is 5.32 Å². The van der Waals surface area contributed by atoms with Crippen molar-refractivity contribution in [3.63, 3.8) is 0 Å². The first-order valence-electron chi connectivity index (χ1n) is 10.3. The lowest BCUT2D eigenvalue weighted by Crippen LogP contribution is -2.34. The number of amides is 3. The van der Waals surface area contributed by atoms with Gasteiger partial charge in [-0.2, -0.15) is 0 Å². The van der Waals surface area contributed by atoms with Crippen LogP contribution in [0.4, 0.5) is 5.69 Å². The Labute approximate surface area is 194 Å². The molecular weight excluding hydrogens is 452 g/mol. The minimum atomic E-state index is -0.838. The number of hydrogen-bond donors (Lipinski definition) is 1. The van der Waals surface area contributed by atoms with Gasteiger partial charge in [0.1, 0.15) is 11.3 Å². The van der Waals surface area contributed by atoms with Crippen LogP contribution in [0.1, 0.15) is 43.9 Å². The third-order valence-corrected chi connectivity index (χ3v) is 5.71. The molecule has 4 rings (SSSR count). The van der Waals surface area contributed by atoms with Crippen LogP contribution < -0.4 is 15.0 Å². The van der Waals surface area contributed by atoms with E-state index < -0.39 is 30.3 Å². The highest BCUT2D eigenvalue weighted by Gasteiger charge is 2.38. The van der Waals surface area contributed by atoms with Gasteiger partial charge in [-0.05, 0) is 31.0 Å². The third kappa shape index (κ3) is 4.55. The molecule has 9 nitrogen and oxygen atoms in total. The van der Waals surface area contributed by atoms with Crippen LogP contribution in [0.2, 0.25) is 5.02 Å². The summed E-state index contributed by atoms with van der Waals surface area (Å²) in [6, 6.07) is 8.98. The van der Waals surface area contributed by atoms with Gasteiger partial charge in [-0.1, -0.05) is 23.7 Å². The number of halogens is 1. The number of fused-ring (bicyclic) bond motifs is 1. The molecular formula is C23H21ClN2O7. The first kappa shape index (κ1) is 22.8. The molecule has 2 aromatic rings. The van der Waals surface area contributed by atoms with Crippen LogP contribution in [0.5, 0.6) is 5.75 Å². The van der Waals surface area contributed by atoms with Crippen LogP contribution in [0.3, 0.4) is 0 Å². The lowest BCUT2D eigenvalue weighted by Gasteiger charge is -2.18. The van der Waals surface area contributed by atoms with E-state index in [0.29, 0.717) is 13.2 Å². The molecule has 0 aliphatic carbocycles. The minimum Gasteiger partial charge on any atom is -0.496 e. The monoisotopic (exact) mass is 472 g/mol. The van der Waals surface area contributed by atoms with E-state index in [-0.39, 0.29) is 39.3 Å². The Hall–Kier alpha value is -3.43. The van der Waals surface area contributed by atoms with Crippen LogP contribution in [0.25, 0.3) is 0 Å². The lowest BCUT2D eigenvalue weighted by atomic mass is 10.1. The molecule has 0 saturated carbocycles. The third-order valence-electron chi connectivity index (χ3n) is 5.41. The van der Waals surface area contributed by atoms with Crippen molar-refractivity contribution in [2.45, 2.75) is 18.9 Å². The zero-order chi connectivity index (χ0) is 23.5. The highest BCUT2D eigenvalue weighted by molar-refractivity contribution is 6.40. The second-order valence-electron chi connectivity index (χ2n) is 7.51. The van der Waals surface area contributed by atoms with Gasteiger partial charge in [-0.25, -0.2) is 9.69 Å². The van der Waals surface area contributed by atoms with Gasteiger partial charge in [-0.15, -0.1) is 0 Å². The van der Waals surface area contributed by atoms with E-state index >= 15 is 0 Å². The van der Waals surface area contributed by atoms with Crippen molar-refractivity contribution >= 4 is 41.0 Å². The molecule has 3 amide bonds. The molecule has 1 saturated heterocycles. The SMILES string of the molecule is COc1cc(N2C(=O)c3ccccc3C2=O)c(Cl)cc1C(=O)OCC(=O)NCC1CCCO1. The molecule has 2 aliphatic rings. The van der Waals surface area contributed by atoms with E-state index in [1.807, 2.05) is 0 Å². The summed E-state index contributed by atoms with van der Waals surface area (Å²) in [5.41, 5.74) is 0.547. The molecule has 2 aliphatic heterocycles. The lowest BCUT2D eigenvalue weighted by molar-refractivity contribution is -0.124. The van der Waals surface area contributed by atoms with E-state index in [9.17, 15) is 19.2 Å². The maximum atomic E-state index is 12.8. The predicted octanol–water partition coefficient (Wildman–Crippen LogP) is 2.60. The van der Waals surface area contributed by atoms with E-state index in [1.54, 1.807) is 24.3 Å². The molecule has 172 valence electrons. The van der Waals surface area contributed by atoms with Crippen molar-refractivity contribution in [2.24, 2.45) is 0 Å². The first-order valence-corrected chi connectivity index (χ1v) is 10.7. The molecule has 0 spiro atoms. The standard InChI is InChI=1S/C23H21ClN2O7/c1-31-19-10-18(26-21(28)14-6-2-3-7-15(14)22(26)29)17(24)9-16(19)23(30)33-12-20(27)25-11-13-5-4-8-32-13/h2-3,6-7,9-10,13H,4-5,8,11-12H2,1H3,(H,25,27). The van der Waals surface area contributed by atoms with Gasteiger partial charge in [0, 0.05) is 19.2 Å². The van der Waals surface area contributed by atoms with Crippen molar-refractivity contribution in [3.8, 4) is 5.75 Å². The Kier molecular flexibility index (Phi) is 6.62. The van der Waals surface area contributed by atoms with Gasteiger partial charge >= 0.3 is 5.97 Å². The molecule has 0 radical (unpaired) electrons. The van der Waals surface area contributed by atoms with E-state index in [1.165, 1.54) is 19.2 Å². The zero-order valence-electron chi connectivity index (χ0n) is 17.8. The molecule has 2 aromatic carbocycles. The van der Waals surface area contributed by atoms with E-state index in [0.717, 1.165) is 17.7 Å². The van der Waals surface area contributed by atoms with E-state index in [4.69, 9.17) is 25.8 Å². The number of methoxy groups -OCH3 is 1. The summed E-state index contributed by atoms with van der Waals surface area (Å²) in [5, 5.41) is 2.63. The summed E-state index contributed by atoms with van der Waals surface area (Å²) < 4.78 is 15.8. The normalized spacial score (nSPS) is 17.2. The van der Waals surface area contributed by atoms with Crippen molar-refractivity contribution in [1.29, 1.82) is 0 Å². The van der Waals surface area contributed by atoms with Crippen LogP contribution in [-0.4, -0.2) is 56.7 Å². The maximum absolute atomic E-state index is 12.8. The summed E-state index contributed by atoms with van der Waals surface area (Å²) >= 11 is 6.34. The van der Waals surface area contributed by atoms with Crippen LogP contribution in [0.15, 0.2) is 36.4 Å². The Morgan fingerprint density at radius 2 is 1.88 bits per heavy atom. The number of carbonyl (C=O) groups excluding carboxylic acids is 4. The molecule has 0 bridgehead atoms. The van der Waals surface area contributed by atoms with Gasteiger partial charge in [0.15, 0.2) is 6.61 Å². The average Bonchev–Trinajstić information content (AvgIpc) is 3.43. The highest BCUT2D eigenvalue weighted by atomic mass is 35.5. The number of rotatable bonds is 7. The topological polar surface area (TPSA) is 111 Å². The quantitative estimate of drug-likeness (QED) is 0.487. The fourth-order valence-electron chi connectivity index (χ4n) is 3.74. The Bertz CT molecular complexity index is 1090. The molecule has 1 fully saturated rings. The average molecular weight is 473 g/mol. The molecule has 1 N–H and O–H groups in total. The summed E-state index contributed by atoms with van der Waals surface area (Å²) in [5.74, 6) is -2.33. The molecule has 0 aromatic heterocycles. The van der Waals surface area contributed by atoms with Crippen LogP contribution >= 0.6 is 11.6 Å². The van der Waals surface area contributed by atoms with Crippen molar-refractivity contribution < 1.29 is 33.4 Å². The van der Waals surface area contributed by atoms with Crippen LogP contribution in [-0.2, 0) is 14.3 Å². The van der Waals surface area contributed by atoms with Gasteiger partial charge in [0.2, 0.25) is 0 Å². The van der Waals surface area contributed by atoms with Crippen molar-refractivity contribution in [3.05, 3.63) is 58.1 Å². The number of hydrogen-bond acceptors (Lipinski definition) is 7. The number of esters is 1. The molecule has 2 heterocycles. The number of nitrogens with zero attached hydrogens (tertiary/aromatic N) is 1. The smallest absolute Gasteiger partial charge is 0.342 e. The number of nitrogens with one attached hydrogen (secondary N) is 1. The number of imide groups is 1. The second kappa shape index (κ2) is 9.60. The minimum absolute atomic E-state index is 0.0277. The summed E-state index contributed by atoms with van der Waals surface area (Å²) in [4.78, 5) is 51.0. The Morgan fingerprint density at radius 1 is 1.18 bits per heavy atom. The van der Waals surface area contributed by atoms with Gasteiger partial charge < -0.3 is 19.5 Å². The zero-order valence-corrected chi connectivity index (χ0v) is 18.5. The Morgan fingerprint density at radius 3 is 2.48 bits per heavy atom. The predicted molar refractivity (Wildman–Crippen MR) is 118 cm³/mol. The van der Waals surface area contributed by atoms with E-state index in [2.05, 4.69) is 5.32 Å². The first-order chi connectivity index (χ1) is 15.9. The maximum Gasteiger partial charge on any atom is 0.342 e. The highest BCUT2D eigenvalue weighted by Crippen LogP contribution is 2.38. The summed E-state index contributed by atoms with van der Waals surface area (Å²) in [7, 11) is 1.32. The largest absolute Gasteiger partial charge is 0.496 e. The fourth-order valence-corrected chi connectivity index (χ4v) is 3.99. The molecule has 1 atom stereocenters.